The fraction of sp³-hybridized carbons (Fsp3) is 0.231. The lowest BCUT2D eigenvalue weighted by Gasteiger charge is -2.17. The second-order valence-corrected chi connectivity index (χ2v) is 3.83. The van der Waals surface area contributed by atoms with Gasteiger partial charge in [-0.15, -0.1) is 0 Å². The number of methoxy groups -OCH3 is 2. The van der Waals surface area contributed by atoms with Crippen molar-refractivity contribution < 1.29 is 9.47 Å². The van der Waals surface area contributed by atoms with Gasteiger partial charge in [0.1, 0.15) is 0 Å². The van der Waals surface area contributed by atoms with Crippen LogP contribution >= 0.6 is 0 Å². The summed E-state index contributed by atoms with van der Waals surface area (Å²) in [5, 5.41) is 1.06. The van der Waals surface area contributed by atoms with E-state index in [-0.39, 0.29) is 0 Å². The summed E-state index contributed by atoms with van der Waals surface area (Å²) in [4.78, 5) is 8.74. The topological polar surface area (TPSA) is 43.7 Å². The molecule has 1 aliphatic heterocycles. The Morgan fingerprint density at radius 1 is 1.24 bits per heavy atom. The predicted molar refractivity (Wildman–Crippen MR) is 66.7 cm³/mol. The van der Waals surface area contributed by atoms with E-state index in [1.54, 1.807) is 20.4 Å². The van der Waals surface area contributed by atoms with Crippen LogP contribution in [0.3, 0.4) is 0 Å². The molecule has 4 nitrogen and oxygen atoms in total. The van der Waals surface area contributed by atoms with Crippen molar-refractivity contribution >= 4 is 22.8 Å². The molecule has 17 heavy (non-hydrogen) atoms. The Labute approximate surface area is 98.9 Å². The highest BCUT2D eigenvalue weighted by molar-refractivity contribution is 6.00. The summed E-state index contributed by atoms with van der Waals surface area (Å²) < 4.78 is 10.8. The minimum Gasteiger partial charge on any atom is -0.493 e. The van der Waals surface area contributed by atoms with E-state index in [4.69, 9.17) is 9.47 Å². The van der Waals surface area contributed by atoms with Crippen molar-refractivity contribution in [3.8, 4) is 11.5 Å². The molecule has 0 bridgehead atoms. The van der Waals surface area contributed by atoms with E-state index in [0.29, 0.717) is 0 Å². The maximum atomic E-state index is 5.44. The van der Waals surface area contributed by atoms with Gasteiger partial charge in [0.25, 0.3) is 0 Å². The number of aromatic nitrogens is 1. The number of hydrogen-bond donors (Lipinski definition) is 0. The zero-order chi connectivity index (χ0) is 11.8. The highest BCUT2D eigenvalue weighted by Crippen LogP contribution is 2.41. The summed E-state index contributed by atoms with van der Waals surface area (Å²) in [6.07, 6.45) is 4.39. The third-order valence-electron chi connectivity index (χ3n) is 2.98. The first-order chi connectivity index (χ1) is 8.35. The molecule has 2 aromatic rings. The smallest absolute Gasteiger partial charge is 0.165 e. The van der Waals surface area contributed by atoms with Gasteiger partial charge in [0.15, 0.2) is 11.5 Å². The molecule has 0 fully saturated rings. The standard InChI is InChI=1S/C13H12N2O2/c1-16-11-7-10-12-8(13(11)17-2)3-5-14-9(12)4-6-15-10/h4-7H,3H2,1-2H3. The molecule has 0 N–H and O–H groups in total. The number of pyridine rings is 1. The Kier molecular flexibility index (Phi) is 2.21. The maximum Gasteiger partial charge on any atom is 0.165 e. The van der Waals surface area contributed by atoms with Crippen molar-refractivity contribution in [2.45, 2.75) is 6.42 Å². The van der Waals surface area contributed by atoms with Crippen LogP contribution in [0.4, 0.5) is 5.69 Å². The molecule has 0 aliphatic carbocycles. The molecule has 0 amide bonds. The summed E-state index contributed by atoms with van der Waals surface area (Å²) in [6.45, 7) is 0. The average Bonchev–Trinajstić information content (AvgIpc) is 2.39. The monoisotopic (exact) mass is 228 g/mol. The quantitative estimate of drug-likeness (QED) is 0.793. The zero-order valence-electron chi connectivity index (χ0n) is 9.73. The Bertz CT molecular complexity index is 620. The predicted octanol–water partition coefficient (Wildman–Crippen LogP) is 2.51. The van der Waals surface area contributed by atoms with Crippen LogP contribution < -0.4 is 9.47 Å². The molecule has 1 aliphatic rings. The van der Waals surface area contributed by atoms with Gasteiger partial charge in [-0.05, 0) is 6.07 Å². The molecule has 0 spiro atoms. The molecule has 86 valence electrons. The van der Waals surface area contributed by atoms with Crippen LogP contribution in [-0.2, 0) is 6.42 Å². The lowest BCUT2D eigenvalue weighted by atomic mass is 10.0. The lowest BCUT2D eigenvalue weighted by molar-refractivity contribution is 0.353. The van der Waals surface area contributed by atoms with E-state index in [9.17, 15) is 0 Å². The van der Waals surface area contributed by atoms with Gasteiger partial charge >= 0.3 is 0 Å². The third-order valence-corrected chi connectivity index (χ3v) is 2.98. The van der Waals surface area contributed by atoms with E-state index in [2.05, 4.69) is 9.98 Å². The zero-order valence-corrected chi connectivity index (χ0v) is 9.73. The van der Waals surface area contributed by atoms with Crippen LogP contribution in [-0.4, -0.2) is 25.4 Å². The normalized spacial score (nSPS) is 12.8. The molecule has 0 saturated carbocycles. The van der Waals surface area contributed by atoms with Crippen molar-refractivity contribution in [3.05, 3.63) is 23.9 Å². The summed E-state index contributed by atoms with van der Waals surface area (Å²) >= 11 is 0. The van der Waals surface area contributed by atoms with Gasteiger partial charge in [0.2, 0.25) is 0 Å². The van der Waals surface area contributed by atoms with Crippen molar-refractivity contribution in [3.63, 3.8) is 0 Å². The van der Waals surface area contributed by atoms with Gasteiger partial charge in [-0.3, -0.25) is 9.98 Å². The van der Waals surface area contributed by atoms with Crippen LogP contribution in [0.25, 0.3) is 10.9 Å². The molecule has 0 saturated heterocycles. The fourth-order valence-electron chi connectivity index (χ4n) is 2.25. The third kappa shape index (κ3) is 1.37. The van der Waals surface area contributed by atoms with Crippen molar-refractivity contribution in [2.24, 2.45) is 4.99 Å². The van der Waals surface area contributed by atoms with Crippen LogP contribution in [0.2, 0.25) is 0 Å². The van der Waals surface area contributed by atoms with Gasteiger partial charge in [-0.2, -0.15) is 0 Å². The van der Waals surface area contributed by atoms with E-state index in [1.165, 1.54) is 0 Å². The van der Waals surface area contributed by atoms with E-state index >= 15 is 0 Å². The summed E-state index contributed by atoms with van der Waals surface area (Å²) in [7, 11) is 3.29. The summed E-state index contributed by atoms with van der Waals surface area (Å²) in [5.74, 6) is 1.50. The Morgan fingerprint density at radius 2 is 2.12 bits per heavy atom. The number of aliphatic imine (C=N–C) groups is 1. The van der Waals surface area contributed by atoms with Gasteiger partial charge in [0.05, 0.1) is 25.4 Å². The van der Waals surface area contributed by atoms with Crippen molar-refractivity contribution in [2.75, 3.05) is 14.2 Å². The van der Waals surface area contributed by atoms with E-state index < -0.39 is 0 Å². The molecular weight excluding hydrogens is 216 g/mol. The Balaban J connectivity index is 2.45. The summed E-state index contributed by atoms with van der Waals surface area (Å²) in [6, 6.07) is 3.80. The Morgan fingerprint density at radius 3 is 2.88 bits per heavy atom. The molecule has 0 unspecified atom stereocenters. The Hall–Kier alpha value is -2.10. The van der Waals surface area contributed by atoms with Gasteiger partial charge in [-0.1, -0.05) is 0 Å². The fourth-order valence-corrected chi connectivity index (χ4v) is 2.25. The second kappa shape index (κ2) is 3.73. The second-order valence-electron chi connectivity index (χ2n) is 3.83. The maximum absolute atomic E-state index is 5.44. The highest BCUT2D eigenvalue weighted by Gasteiger charge is 2.19. The van der Waals surface area contributed by atoms with Crippen molar-refractivity contribution in [1.29, 1.82) is 0 Å². The van der Waals surface area contributed by atoms with Gasteiger partial charge < -0.3 is 9.47 Å². The average molecular weight is 228 g/mol. The minimum absolute atomic E-state index is 0.718. The number of ether oxygens (including phenoxy) is 2. The molecule has 1 aromatic carbocycles. The molecule has 3 rings (SSSR count). The minimum atomic E-state index is 0.718. The van der Waals surface area contributed by atoms with Crippen LogP contribution in [0.5, 0.6) is 11.5 Å². The molecule has 0 atom stereocenters. The van der Waals surface area contributed by atoms with Crippen molar-refractivity contribution in [1.82, 2.24) is 4.98 Å². The first-order valence-electron chi connectivity index (χ1n) is 5.40. The highest BCUT2D eigenvalue weighted by atomic mass is 16.5. The SMILES string of the molecule is COc1cc2nccc3c2c(c1OC)CC=N3. The lowest BCUT2D eigenvalue weighted by Crippen LogP contribution is -2.01. The summed E-state index contributed by atoms with van der Waals surface area (Å²) in [5.41, 5.74) is 2.93. The van der Waals surface area contributed by atoms with E-state index in [1.807, 2.05) is 18.3 Å². The van der Waals surface area contributed by atoms with E-state index in [0.717, 1.165) is 40.1 Å². The van der Waals surface area contributed by atoms with Gasteiger partial charge in [-0.25, -0.2) is 0 Å². The molecule has 2 heterocycles. The molecule has 0 radical (unpaired) electrons. The number of rotatable bonds is 2. The van der Waals surface area contributed by atoms with Gasteiger partial charge in [0, 0.05) is 35.8 Å². The number of nitrogens with zero attached hydrogens (tertiary/aromatic N) is 2. The van der Waals surface area contributed by atoms with Crippen LogP contribution in [0, 0.1) is 0 Å². The van der Waals surface area contributed by atoms with Crippen LogP contribution in [0.1, 0.15) is 5.56 Å². The molecule has 1 aromatic heterocycles. The number of hydrogen-bond acceptors (Lipinski definition) is 4. The molecular formula is C13H12N2O2. The largest absolute Gasteiger partial charge is 0.493 e. The molecule has 4 heteroatoms. The first kappa shape index (κ1) is 10.1. The van der Waals surface area contributed by atoms with Crippen LogP contribution in [0.15, 0.2) is 23.3 Å². The first-order valence-corrected chi connectivity index (χ1v) is 5.40. The number of benzene rings is 1.